The molecule has 2 aromatic rings. The average molecular weight is 335 g/mol. The van der Waals surface area contributed by atoms with Crippen molar-refractivity contribution in [1.82, 2.24) is 9.97 Å². The van der Waals surface area contributed by atoms with Gasteiger partial charge >= 0.3 is 0 Å². The van der Waals surface area contributed by atoms with E-state index in [1.54, 1.807) is 35.4 Å². The molecule has 1 aliphatic heterocycles. The number of benzene rings is 1. The smallest absolute Gasteiger partial charge is 0.234 e. The Morgan fingerprint density at radius 1 is 1.32 bits per heavy atom. The molecule has 1 aliphatic rings. The maximum absolute atomic E-state index is 12.9. The first-order valence-electron chi connectivity index (χ1n) is 8.54. The SMILES string of the molecule is CCC1(CC)CCN(c2ccnc(Nc3cccc(C#N)c3)n2)C1=O. The summed E-state index contributed by atoms with van der Waals surface area (Å²) >= 11 is 0. The molecule has 0 aliphatic carbocycles. The molecule has 2 heterocycles. The van der Waals surface area contributed by atoms with E-state index in [-0.39, 0.29) is 11.3 Å². The van der Waals surface area contributed by atoms with Crippen molar-refractivity contribution in [1.29, 1.82) is 5.26 Å². The Hall–Kier alpha value is -2.94. The van der Waals surface area contributed by atoms with Gasteiger partial charge in [-0.2, -0.15) is 10.2 Å². The molecule has 3 rings (SSSR count). The molecule has 0 radical (unpaired) electrons. The van der Waals surface area contributed by atoms with Crippen molar-refractivity contribution < 1.29 is 4.79 Å². The Kier molecular flexibility index (Phi) is 4.66. The van der Waals surface area contributed by atoms with Gasteiger partial charge in [-0.25, -0.2) is 4.98 Å². The molecule has 1 aromatic heterocycles. The summed E-state index contributed by atoms with van der Waals surface area (Å²) in [6, 6.07) is 11.0. The molecule has 1 amide bonds. The summed E-state index contributed by atoms with van der Waals surface area (Å²) in [6.07, 6.45) is 4.19. The summed E-state index contributed by atoms with van der Waals surface area (Å²) in [5, 5.41) is 12.1. The van der Waals surface area contributed by atoms with Gasteiger partial charge in [0.2, 0.25) is 11.9 Å². The van der Waals surface area contributed by atoms with Gasteiger partial charge in [-0.05, 0) is 43.5 Å². The van der Waals surface area contributed by atoms with Gasteiger partial charge in [0.05, 0.1) is 17.0 Å². The van der Waals surface area contributed by atoms with E-state index in [1.165, 1.54) is 0 Å². The minimum absolute atomic E-state index is 0.147. The van der Waals surface area contributed by atoms with Crippen LogP contribution in [0.2, 0.25) is 0 Å². The Labute approximate surface area is 147 Å². The second-order valence-electron chi connectivity index (χ2n) is 6.25. The number of nitriles is 1. The normalized spacial score (nSPS) is 15.9. The topological polar surface area (TPSA) is 81.9 Å². The zero-order valence-electron chi connectivity index (χ0n) is 14.5. The molecule has 0 atom stereocenters. The Bertz CT molecular complexity index is 823. The molecule has 1 aromatic carbocycles. The predicted octanol–water partition coefficient (Wildman–Crippen LogP) is 3.63. The quantitative estimate of drug-likeness (QED) is 0.902. The van der Waals surface area contributed by atoms with Crippen molar-refractivity contribution >= 4 is 23.4 Å². The number of carbonyl (C=O) groups excluding carboxylic acids is 1. The van der Waals surface area contributed by atoms with E-state index in [0.717, 1.165) is 24.9 Å². The number of nitrogens with one attached hydrogen (secondary N) is 1. The van der Waals surface area contributed by atoms with Crippen LogP contribution in [0.15, 0.2) is 36.5 Å². The van der Waals surface area contributed by atoms with Gasteiger partial charge in [0.25, 0.3) is 0 Å². The summed E-state index contributed by atoms with van der Waals surface area (Å²) in [6.45, 7) is 4.82. The van der Waals surface area contributed by atoms with Gasteiger partial charge in [-0.3, -0.25) is 9.69 Å². The molecule has 1 N–H and O–H groups in total. The predicted molar refractivity (Wildman–Crippen MR) is 96.5 cm³/mol. The lowest BCUT2D eigenvalue weighted by Crippen LogP contribution is -2.34. The van der Waals surface area contributed by atoms with Crippen LogP contribution in [-0.2, 0) is 4.79 Å². The molecule has 0 unspecified atom stereocenters. The van der Waals surface area contributed by atoms with Crippen molar-refractivity contribution in [3.63, 3.8) is 0 Å². The van der Waals surface area contributed by atoms with Gasteiger partial charge in [-0.1, -0.05) is 19.9 Å². The van der Waals surface area contributed by atoms with Crippen LogP contribution >= 0.6 is 0 Å². The molecular weight excluding hydrogens is 314 g/mol. The highest BCUT2D eigenvalue weighted by molar-refractivity contribution is 5.99. The van der Waals surface area contributed by atoms with Crippen LogP contribution in [0, 0.1) is 16.7 Å². The number of hydrogen-bond acceptors (Lipinski definition) is 5. The van der Waals surface area contributed by atoms with Gasteiger partial charge in [-0.15, -0.1) is 0 Å². The summed E-state index contributed by atoms with van der Waals surface area (Å²) in [5.74, 6) is 1.17. The Morgan fingerprint density at radius 2 is 2.12 bits per heavy atom. The largest absolute Gasteiger partial charge is 0.324 e. The zero-order valence-corrected chi connectivity index (χ0v) is 14.5. The number of nitrogens with zero attached hydrogens (tertiary/aromatic N) is 4. The minimum Gasteiger partial charge on any atom is -0.324 e. The van der Waals surface area contributed by atoms with Crippen LogP contribution in [0.1, 0.15) is 38.7 Å². The van der Waals surface area contributed by atoms with Gasteiger partial charge in [0.15, 0.2) is 0 Å². The van der Waals surface area contributed by atoms with E-state index in [1.807, 2.05) is 6.07 Å². The standard InChI is InChI=1S/C19H21N5O/c1-3-19(4-2)9-11-24(17(19)25)16-8-10-21-18(23-16)22-15-7-5-6-14(12-15)13-20/h5-8,10,12H,3-4,9,11H2,1-2H3,(H,21,22,23). The molecule has 1 saturated heterocycles. The summed E-state index contributed by atoms with van der Waals surface area (Å²) in [4.78, 5) is 23.3. The molecule has 0 spiro atoms. The van der Waals surface area contributed by atoms with Crippen molar-refractivity contribution in [2.24, 2.45) is 5.41 Å². The van der Waals surface area contributed by atoms with E-state index >= 15 is 0 Å². The third-order valence-corrected chi connectivity index (χ3v) is 5.03. The molecule has 25 heavy (non-hydrogen) atoms. The maximum atomic E-state index is 12.9. The summed E-state index contributed by atoms with van der Waals surface area (Å²) in [7, 11) is 0. The fraction of sp³-hybridized carbons (Fsp3) is 0.368. The number of carbonyl (C=O) groups is 1. The van der Waals surface area contributed by atoms with Gasteiger partial charge in [0.1, 0.15) is 5.82 Å². The highest BCUT2D eigenvalue weighted by atomic mass is 16.2. The fourth-order valence-corrected chi connectivity index (χ4v) is 3.30. The summed E-state index contributed by atoms with van der Waals surface area (Å²) < 4.78 is 0. The van der Waals surface area contributed by atoms with E-state index in [9.17, 15) is 4.79 Å². The number of amides is 1. The van der Waals surface area contributed by atoms with Crippen molar-refractivity contribution in [3.05, 3.63) is 42.1 Å². The number of anilines is 3. The monoisotopic (exact) mass is 335 g/mol. The third kappa shape index (κ3) is 3.18. The van der Waals surface area contributed by atoms with E-state index in [2.05, 4.69) is 35.2 Å². The first-order chi connectivity index (χ1) is 12.1. The van der Waals surface area contributed by atoms with Gasteiger partial charge < -0.3 is 5.32 Å². The lowest BCUT2D eigenvalue weighted by Gasteiger charge is -2.24. The molecule has 6 heteroatoms. The first kappa shape index (κ1) is 16.9. The fourth-order valence-electron chi connectivity index (χ4n) is 3.30. The minimum atomic E-state index is -0.264. The molecule has 0 saturated carbocycles. The van der Waals surface area contributed by atoms with E-state index < -0.39 is 0 Å². The van der Waals surface area contributed by atoms with Crippen LogP contribution in [0.5, 0.6) is 0 Å². The highest BCUT2D eigenvalue weighted by Gasteiger charge is 2.44. The Balaban J connectivity index is 1.83. The van der Waals surface area contributed by atoms with Crippen molar-refractivity contribution in [2.75, 3.05) is 16.8 Å². The molecule has 128 valence electrons. The first-order valence-corrected chi connectivity index (χ1v) is 8.54. The molecule has 1 fully saturated rings. The maximum Gasteiger partial charge on any atom is 0.234 e. The number of hydrogen-bond donors (Lipinski definition) is 1. The molecule has 0 bridgehead atoms. The van der Waals surface area contributed by atoms with E-state index in [4.69, 9.17) is 5.26 Å². The van der Waals surface area contributed by atoms with Crippen molar-refractivity contribution in [3.8, 4) is 6.07 Å². The lowest BCUT2D eigenvalue weighted by molar-refractivity contribution is -0.125. The van der Waals surface area contributed by atoms with Crippen LogP contribution in [0.3, 0.4) is 0 Å². The van der Waals surface area contributed by atoms with Crippen molar-refractivity contribution in [2.45, 2.75) is 33.1 Å². The van der Waals surface area contributed by atoms with Crippen LogP contribution in [0.25, 0.3) is 0 Å². The Morgan fingerprint density at radius 3 is 2.80 bits per heavy atom. The lowest BCUT2D eigenvalue weighted by atomic mass is 9.81. The number of aromatic nitrogens is 2. The summed E-state index contributed by atoms with van der Waals surface area (Å²) in [5.41, 5.74) is 1.03. The second kappa shape index (κ2) is 6.89. The van der Waals surface area contributed by atoms with Crippen LogP contribution in [-0.4, -0.2) is 22.4 Å². The third-order valence-electron chi connectivity index (χ3n) is 5.03. The molecule has 6 nitrogen and oxygen atoms in total. The zero-order chi connectivity index (χ0) is 17.9. The highest BCUT2D eigenvalue weighted by Crippen LogP contribution is 2.39. The van der Waals surface area contributed by atoms with E-state index in [0.29, 0.717) is 23.9 Å². The van der Waals surface area contributed by atoms with Crippen LogP contribution < -0.4 is 10.2 Å². The van der Waals surface area contributed by atoms with Gasteiger partial charge in [0, 0.05) is 18.4 Å². The molecular formula is C19H21N5O. The average Bonchev–Trinajstić information content (AvgIpc) is 2.99. The van der Waals surface area contributed by atoms with Crippen LogP contribution in [0.4, 0.5) is 17.5 Å². The number of rotatable bonds is 5. The second-order valence-corrected chi connectivity index (χ2v) is 6.25.